The van der Waals surface area contributed by atoms with Crippen LogP contribution in [0.1, 0.15) is 40.7 Å². The molecule has 3 aromatic rings. The van der Waals surface area contributed by atoms with Gasteiger partial charge in [0.1, 0.15) is 18.9 Å². The van der Waals surface area contributed by atoms with Gasteiger partial charge in [-0.3, -0.25) is 9.59 Å². The molecule has 1 aliphatic heterocycles. The molecule has 0 N–H and O–H groups in total. The van der Waals surface area contributed by atoms with E-state index in [0.717, 1.165) is 12.0 Å². The highest BCUT2D eigenvalue weighted by Crippen LogP contribution is 2.35. The first-order valence-corrected chi connectivity index (χ1v) is 13.3. The predicted octanol–water partition coefficient (Wildman–Crippen LogP) is 5.07. The number of amides is 2. The molecule has 8 heteroatoms. The van der Waals surface area contributed by atoms with Gasteiger partial charge in [0.25, 0.3) is 5.91 Å². The molecule has 2 aromatic carbocycles. The fraction of sp³-hybridized carbons (Fsp3) is 0.379. The lowest BCUT2D eigenvalue weighted by Gasteiger charge is -2.37. The van der Waals surface area contributed by atoms with Crippen molar-refractivity contribution >= 4 is 23.2 Å². The lowest BCUT2D eigenvalue weighted by molar-refractivity contribution is -0.135. The molecule has 0 saturated heterocycles. The molecule has 0 aliphatic carbocycles. The summed E-state index contributed by atoms with van der Waals surface area (Å²) in [6, 6.07) is 16.4. The van der Waals surface area contributed by atoms with Gasteiger partial charge in [0.15, 0.2) is 11.5 Å². The summed E-state index contributed by atoms with van der Waals surface area (Å²) in [6.45, 7) is 5.43. The Kier molecular flexibility index (Phi) is 8.71. The Bertz CT molecular complexity index is 1220. The van der Waals surface area contributed by atoms with E-state index in [1.54, 1.807) is 54.7 Å². The maximum atomic E-state index is 13.8. The van der Waals surface area contributed by atoms with Crippen LogP contribution >= 0.6 is 11.3 Å². The summed E-state index contributed by atoms with van der Waals surface area (Å²) in [5.41, 5.74) is 1.61. The number of carbonyl (C=O) groups is 2. The van der Waals surface area contributed by atoms with E-state index in [2.05, 4.69) is 11.4 Å². The van der Waals surface area contributed by atoms with Crippen LogP contribution in [0.5, 0.6) is 17.2 Å². The van der Waals surface area contributed by atoms with Crippen LogP contribution in [0.25, 0.3) is 0 Å². The second-order valence-electron chi connectivity index (χ2n) is 9.43. The number of benzene rings is 2. The Hall–Kier alpha value is -3.52. The third-order valence-electron chi connectivity index (χ3n) is 6.40. The fourth-order valence-corrected chi connectivity index (χ4v) is 5.56. The van der Waals surface area contributed by atoms with Gasteiger partial charge in [-0.2, -0.15) is 0 Å². The molecule has 2 heterocycles. The van der Waals surface area contributed by atoms with Crippen molar-refractivity contribution in [2.45, 2.75) is 26.3 Å². The molecule has 2 amide bonds. The van der Waals surface area contributed by atoms with Crippen LogP contribution in [-0.2, 0) is 11.2 Å². The number of para-hydroxylation sites is 2. The molecular formula is C29H34N2O5S. The van der Waals surface area contributed by atoms with Crippen molar-refractivity contribution in [1.82, 2.24) is 9.80 Å². The van der Waals surface area contributed by atoms with Gasteiger partial charge in [-0.1, -0.05) is 32.0 Å². The minimum atomic E-state index is -0.250. The predicted molar refractivity (Wildman–Crippen MR) is 145 cm³/mol. The van der Waals surface area contributed by atoms with Gasteiger partial charge in [-0.15, -0.1) is 11.3 Å². The smallest absolute Gasteiger partial charge is 0.254 e. The number of hydrogen-bond donors (Lipinski definition) is 0. The molecule has 0 radical (unpaired) electrons. The first-order valence-electron chi connectivity index (χ1n) is 12.5. The summed E-state index contributed by atoms with van der Waals surface area (Å²) in [5, 5.41) is 2.06. The molecule has 1 aliphatic rings. The lowest BCUT2D eigenvalue weighted by Crippen LogP contribution is -2.48. The molecule has 1 aromatic heterocycles. The van der Waals surface area contributed by atoms with Crippen molar-refractivity contribution in [3.63, 3.8) is 0 Å². The Morgan fingerprint density at radius 3 is 2.57 bits per heavy atom. The number of nitrogens with zero attached hydrogens (tertiary/aromatic N) is 2. The molecule has 0 spiro atoms. The summed E-state index contributed by atoms with van der Waals surface area (Å²) >= 11 is 1.71. The summed E-state index contributed by atoms with van der Waals surface area (Å²) in [5.74, 6) is 1.81. The Balaban J connectivity index is 1.55. The average molecular weight is 523 g/mol. The van der Waals surface area contributed by atoms with E-state index in [1.165, 1.54) is 4.88 Å². The zero-order valence-corrected chi connectivity index (χ0v) is 22.6. The molecule has 0 fully saturated rings. The SMILES string of the molecule is COc1cccc(C(=O)N(CC(=O)N2CCc3sccc3C2COc2ccccc2OC)CC(C)C)c1. The van der Waals surface area contributed by atoms with Crippen LogP contribution in [0.3, 0.4) is 0 Å². The quantitative estimate of drug-likeness (QED) is 0.372. The molecular weight excluding hydrogens is 488 g/mol. The number of rotatable bonds is 10. The molecule has 1 unspecified atom stereocenters. The van der Waals surface area contributed by atoms with Crippen molar-refractivity contribution in [1.29, 1.82) is 0 Å². The minimum absolute atomic E-state index is 0.00114. The zero-order valence-electron chi connectivity index (χ0n) is 21.8. The number of ether oxygens (including phenoxy) is 3. The van der Waals surface area contributed by atoms with Crippen LogP contribution < -0.4 is 14.2 Å². The maximum absolute atomic E-state index is 13.8. The van der Waals surface area contributed by atoms with E-state index in [0.29, 0.717) is 42.5 Å². The molecule has 4 rings (SSSR count). The van der Waals surface area contributed by atoms with Crippen LogP contribution in [0.2, 0.25) is 0 Å². The molecule has 37 heavy (non-hydrogen) atoms. The Morgan fingerprint density at radius 2 is 1.84 bits per heavy atom. The van der Waals surface area contributed by atoms with Gasteiger partial charge in [-0.05, 0) is 59.7 Å². The zero-order chi connectivity index (χ0) is 26.4. The van der Waals surface area contributed by atoms with Crippen molar-refractivity contribution < 1.29 is 23.8 Å². The fourth-order valence-electron chi connectivity index (χ4n) is 4.63. The largest absolute Gasteiger partial charge is 0.497 e. The topological polar surface area (TPSA) is 68.3 Å². The highest BCUT2D eigenvalue weighted by atomic mass is 32.1. The number of methoxy groups -OCH3 is 2. The highest BCUT2D eigenvalue weighted by Gasteiger charge is 2.34. The van der Waals surface area contributed by atoms with Gasteiger partial charge in [0, 0.05) is 23.5 Å². The first kappa shape index (κ1) is 26.5. The van der Waals surface area contributed by atoms with Crippen LogP contribution in [0.4, 0.5) is 0 Å². The van der Waals surface area contributed by atoms with Gasteiger partial charge in [0.05, 0.1) is 20.3 Å². The number of thiophene rings is 1. The molecule has 196 valence electrons. The molecule has 0 saturated carbocycles. The summed E-state index contributed by atoms with van der Waals surface area (Å²) in [7, 11) is 3.18. The molecule has 7 nitrogen and oxygen atoms in total. The summed E-state index contributed by atoms with van der Waals surface area (Å²) < 4.78 is 16.9. The number of carbonyl (C=O) groups excluding carboxylic acids is 2. The van der Waals surface area contributed by atoms with Gasteiger partial charge < -0.3 is 24.0 Å². The average Bonchev–Trinajstić information content (AvgIpc) is 3.40. The molecule has 1 atom stereocenters. The lowest BCUT2D eigenvalue weighted by atomic mass is 10.00. The maximum Gasteiger partial charge on any atom is 0.254 e. The van der Waals surface area contributed by atoms with Crippen molar-refractivity contribution in [3.8, 4) is 17.2 Å². The highest BCUT2D eigenvalue weighted by molar-refractivity contribution is 7.10. The van der Waals surface area contributed by atoms with Crippen LogP contribution in [-0.4, -0.2) is 62.1 Å². The van der Waals surface area contributed by atoms with Crippen LogP contribution in [0.15, 0.2) is 60.0 Å². The van der Waals surface area contributed by atoms with E-state index in [-0.39, 0.29) is 30.3 Å². The summed E-state index contributed by atoms with van der Waals surface area (Å²) in [6.07, 6.45) is 0.790. The van der Waals surface area contributed by atoms with Crippen molar-refractivity contribution in [2.24, 2.45) is 5.92 Å². The van der Waals surface area contributed by atoms with Gasteiger partial charge in [-0.25, -0.2) is 0 Å². The normalized spacial score (nSPS) is 14.7. The van der Waals surface area contributed by atoms with E-state index >= 15 is 0 Å². The standard InChI is InChI=1S/C29H34N2O5S/c1-20(2)17-30(29(33)21-8-7-9-22(16-21)34-3)18-28(32)31-14-12-27-23(13-15-37-27)24(31)19-36-26-11-6-5-10-25(26)35-4/h5-11,13,15-16,20,24H,12,14,17-19H2,1-4H3. The van der Waals surface area contributed by atoms with E-state index in [1.807, 2.05) is 43.0 Å². The van der Waals surface area contributed by atoms with E-state index in [4.69, 9.17) is 14.2 Å². The van der Waals surface area contributed by atoms with E-state index < -0.39 is 0 Å². The van der Waals surface area contributed by atoms with E-state index in [9.17, 15) is 9.59 Å². The summed E-state index contributed by atoms with van der Waals surface area (Å²) in [4.78, 5) is 32.0. The van der Waals surface area contributed by atoms with Gasteiger partial charge in [0.2, 0.25) is 5.91 Å². The van der Waals surface area contributed by atoms with Crippen LogP contribution in [0, 0.1) is 5.92 Å². The Morgan fingerprint density at radius 1 is 1.05 bits per heavy atom. The molecule has 0 bridgehead atoms. The number of fused-ring (bicyclic) bond motifs is 1. The first-order chi connectivity index (χ1) is 17.9. The third-order valence-corrected chi connectivity index (χ3v) is 7.39. The Labute approximate surface area is 222 Å². The number of hydrogen-bond acceptors (Lipinski definition) is 6. The van der Waals surface area contributed by atoms with Crippen molar-refractivity contribution in [2.75, 3.05) is 40.5 Å². The van der Waals surface area contributed by atoms with Crippen molar-refractivity contribution in [3.05, 3.63) is 76.0 Å². The third kappa shape index (κ3) is 6.25. The monoisotopic (exact) mass is 522 g/mol. The second-order valence-corrected chi connectivity index (χ2v) is 10.4. The minimum Gasteiger partial charge on any atom is -0.497 e. The second kappa shape index (κ2) is 12.1. The van der Waals surface area contributed by atoms with Gasteiger partial charge >= 0.3 is 0 Å².